The van der Waals surface area contributed by atoms with Crippen molar-refractivity contribution >= 4 is 15.9 Å². The lowest BCUT2D eigenvalue weighted by Crippen LogP contribution is -2.40. The standard InChI is InChI=1S/C14H19FN2O3S/c1-9-6-10(21(16,19)20)7-11(12(9)15)13(18)17-8-14(2)4-3-5-14/h6-7H,3-5,8H2,1-2H3,(H,17,18)(H2,16,19,20). The molecule has 0 unspecified atom stereocenters. The van der Waals surface area contributed by atoms with Crippen LogP contribution in [0.25, 0.3) is 0 Å². The maximum atomic E-state index is 14.0. The number of hydrogen-bond donors (Lipinski definition) is 2. The van der Waals surface area contributed by atoms with Gasteiger partial charge >= 0.3 is 0 Å². The first-order valence-corrected chi connectivity index (χ1v) is 8.28. The van der Waals surface area contributed by atoms with Gasteiger partial charge in [-0.2, -0.15) is 0 Å². The summed E-state index contributed by atoms with van der Waals surface area (Å²) in [7, 11) is -3.98. The zero-order chi connectivity index (χ0) is 15.8. The highest BCUT2D eigenvalue weighted by Gasteiger charge is 2.32. The third-order valence-electron chi connectivity index (χ3n) is 4.04. The second-order valence-electron chi connectivity index (χ2n) is 5.99. The lowest BCUT2D eigenvalue weighted by atomic mass is 9.70. The Morgan fingerprint density at radius 3 is 2.52 bits per heavy atom. The molecule has 0 atom stereocenters. The molecular formula is C14H19FN2O3S. The van der Waals surface area contributed by atoms with E-state index in [1.807, 2.05) is 0 Å². The number of hydrogen-bond acceptors (Lipinski definition) is 3. The predicted octanol–water partition coefficient (Wildman–Crippen LogP) is 1.70. The smallest absolute Gasteiger partial charge is 0.254 e. The second kappa shape index (κ2) is 5.38. The third kappa shape index (κ3) is 3.41. The maximum Gasteiger partial charge on any atom is 0.254 e. The molecule has 1 aromatic carbocycles. The Morgan fingerprint density at radius 2 is 2.05 bits per heavy atom. The average molecular weight is 314 g/mol. The fourth-order valence-corrected chi connectivity index (χ4v) is 3.04. The number of benzene rings is 1. The minimum absolute atomic E-state index is 0.0543. The molecule has 2 rings (SSSR count). The summed E-state index contributed by atoms with van der Waals surface area (Å²) in [6, 6.07) is 2.10. The molecule has 0 radical (unpaired) electrons. The van der Waals surface area contributed by atoms with Gasteiger partial charge in [0.05, 0.1) is 10.5 Å². The molecule has 3 N–H and O–H groups in total. The molecule has 0 bridgehead atoms. The van der Waals surface area contributed by atoms with Crippen LogP contribution in [0.3, 0.4) is 0 Å². The van der Waals surface area contributed by atoms with Crippen molar-refractivity contribution in [3.63, 3.8) is 0 Å². The molecule has 0 spiro atoms. The van der Waals surface area contributed by atoms with Crippen molar-refractivity contribution in [3.8, 4) is 0 Å². The van der Waals surface area contributed by atoms with E-state index in [1.165, 1.54) is 6.92 Å². The van der Waals surface area contributed by atoms with Crippen molar-refractivity contribution in [1.29, 1.82) is 0 Å². The first-order valence-electron chi connectivity index (χ1n) is 6.74. The number of sulfonamides is 1. The van der Waals surface area contributed by atoms with Crippen molar-refractivity contribution in [2.45, 2.75) is 38.0 Å². The Morgan fingerprint density at radius 1 is 1.43 bits per heavy atom. The van der Waals surface area contributed by atoms with Crippen LogP contribution < -0.4 is 10.5 Å². The quantitative estimate of drug-likeness (QED) is 0.886. The van der Waals surface area contributed by atoms with Crippen LogP contribution in [0.5, 0.6) is 0 Å². The van der Waals surface area contributed by atoms with Crippen molar-refractivity contribution in [3.05, 3.63) is 29.1 Å². The number of primary sulfonamides is 1. The van der Waals surface area contributed by atoms with Crippen LogP contribution in [0.2, 0.25) is 0 Å². The number of nitrogens with one attached hydrogen (secondary N) is 1. The van der Waals surface area contributed by atoms with Crippen LogP contribution in [-0.2, 0) is 10.0 Å². The van der Waals surface area contributed by atoms with Crippen LogP contribution in [-0.4, -0.2) is 20.9 Å². The van der Waals surface area contributed by atoms with Gasteiger partial charge in [-0.05, 0) is 42.9 Å². The van der Waals surface area contributed by atoms with Gasteiger partial charge in [-0.3, -0.25) is 4.79 Å². The van der Waals surface area contributed by atoms with Crippen molar-refractivity contribution in [1.82, 2.24) is 5.32 Å². The molecule has 5 nitrogen and oxygen atoms in total. The van der Waals surface area contributed by atoms with E-state index in [-0.39, 0.29) is 21.4 Å². The molecule has 21 heavy (non-hydrogen) atoms. The summed E-state index contributed by atoms with van der Waals surface area (Å²) < 4.78 is 36.8. The van der Waals surface area contributed by atoms with Crippen LogP contribution in [0.4, 0.5) is 4.39 Å². The Balaban J connectivity index is 2.25. The fraction of sp³-hybridized carbons (Fsp3) is 0.500. The summed E-state index contributed by atoms with van der Waals surface area (Å²) in [5.74, 6) is -1.34. The number of carbonyl (C=O) groups is 1. The van der Waals surface area contributed by atoms with Gasteiger partial charge in [0.2, 0.25) is 10.0 Å². The highest BCUT2D eigenvalue weighted by molar-refractivity contribution is 7.89. The number of carbonyl (C=O) groups excluding carboxylic acids is 1. The van der Waals surface area contributed by atoms with Gasteiger partial charge in [0, 0.05) is 6.54 Å². The maximum absolute atomic E-state index is 14.0. The Kier molecular flexibility index (Phi) is 4.08. The van der Waals surface area contributed by atoms with Gasteiger partial charge in [-0.15, -0.1) is 0 Å². The van der Waals surface area contributed by atoms with Crippen LogP contribution in [0.15, 0.2) is 17.0 Å². The average Bonchev–Trinajstić information content (AvgIpc) is 2.35. The van der Waals surface area contributed by atoms with E-state index in [4.69, 9.17) is 5.14 Å². The number of aryl methyl sites for hydroxylation is 1. The molecule has 1 saturated carbocycles. The van der Waals surface area contributed by atoms with E-state index in [0.29, 0.717) is 6.54 Å². The summed E-state index contributed by atoms with van der Waals surface area (Å²) in [4.78, 5) is 11.8. The molecule has 1 aliphatic rings. The van der Waals surface area contributed by atoms with Gasteiger partial charge in [0.15, 0.2) is 0 Å². The van der Waals surface area contributed by atoms with Crippen molar-refractivity contribution < 1.29 is 17.6 Å². The fourth-order valence-electron chi connectivity index (χ4n) is 2.41. The van der Waals surface area contributed by atoms with E-state index in [2.05, 4.69) is 12.2 Å². The number of nitrogens with two attached hydrogens (primary N) is 1. The largest absolute Gasteiger partial charge is 0.351 e. The van der Waals surface area contributed by atoms with E-state index < -0.39 is 21.7 Å². The summed E-state index contributed by atoms with van der Waals surface area (Å²) in [6.45, 7) is 3.90. The van der Waals surface area contributed by atoms with E-state index >= 15 is 0 Å². The molecule has 0 saturated heterocycles. The van der Waals surface area contributed by atoms with E-state index in [0.717, 1.165) is 31.4 Å². The minimum atomic E-state index is -3.98. The second-order valence-corrected chi connectivity index (χ2v) is 7.56. The van der Waals surface area contributed by atoms with E-state index in [1.54, 1.807) is 0 Å². The normalized spacial score (nSPS) is 17.1. The monoisotopic (exact) mass is 314 g/mol. The highest BCUT2D eigenvalue weighted by atomic mass is 32.2. The molecule has 7 heteroatoms. The number of amides is 1. The first-order chi connectivity index (χ1) is 9.62. The van der Waals surface area contributed by atoms with Gasteiger partial charge in [-0.25, -0.2) is 17.9 Å². The summed E-state index contributed by atoms with van der Waals surface area (Å²) in [6.07, 6.45) is 3.17. The van der Waals surface area contributed by atoms with Gasteiger partial charge in [0.25, 0.3) is 5.91 Å². The van der Waals surface area contributed by atoms with E-state index in [9.17, 15) is 17.6 Å². The van der Waals surface area contributed by atoms with Crippen LogP contribution >= 0.6 is 0 Å². The SMILES string of the molecule is Cc1cc(S(N)(=O)=O)cc(C(=O)NCC2(C)CCC2)c1F. The number of halogens is 1. The van der Waals surface area contributed by atoms with Gasteiger partial charge in [-0.1, -0.05) is 13.3 Å². The zero-order valence-electron chi connectivity index (χ0n) is 12.1. The Bertz CT molecular complexity index is 682. The molecule has 1 aromatic rings. The summed E-state index contributed by atoms with van der Waals surface area (Å²) in [5, 5.41) is 7.71. The predicted molar refractivity (Wildman–Crippen MR) is 76.8 cm³/mol. The topological polar surface area (TPSA) is 89.3 Å². The van der Waals surface area contributed by atoms with Gasteiger partial charge in [0.1, 0.15) is 5.82 Å². The zero-order valence-corrected chi connectivity index (χ0v) is 12.9. The lowest BCUT2D eigenvalue weighted by Gasteiger charge is -2.38. The molecule has 1 fully saturated rings. The summed E-state index contributed by atoms with van der Waals surface area (Å²) in [5.41, 5.74) is -0.165. The summed E-state index contributed by atoms with van der Waals surface area (Å²) >= 11 is 0. The molecule has 1 aliphatic carbocycles. The highest BCUT2D eigenvalue weighted by Crippen LogP contribution is 2.39. The molecule has 0 aliphatic heterocycles. The van der Waals surface area contributed by atoms with Crippen LogP contribution in [0.1, 0.15) is 42.1 Å². The molecule has 0 aromatic heterocycles. The van der Waals surface area contributed by atoms with Crippen molar-refractivity contribution in [2.75, 3.05) is 6.54 Å². The lowest BCUT2D eigenvalue weighted by molar-refractivity contribution is 0.0886. The molecule has 1 amide bonds. The third-order valence-corrected chi connectivity index (χ3v) is 4.93. The number of rotatable bonds is 4. The minimum Gasteiger partial charge on any atom is -0.351 e. The first kappa shape index (κ1) is 15.9. The van der Waals surface area contributed by atoms with Crippen molar-refractivity contribution in [2.24, 2.45) is 10.6 Å². The van der Waals surface area contributed by atoms with Gasteiger partial charge < -0.3 is 5.32 Å². The molecule has 116 valence electrons. The molecular weight excluding hydrogens is 295 g/mol. The Hall–Kier alpha value is -1.47. The Labute approximate surface area is 123 Å². The van der Waals surface area contributed by atoms with Crippen LogP contribution in [0, 0.1) is 18.2 Å². The molecule has 0 heterocycles.